The first-order chi connectivity index (χ1) is 14.2. The maximum absolute atomic E-state index is 14.2. The molecule has 0 amide bonds. The predicted molar refractivity (Wildman–Crippen MR) is 132 cm³/mol. The van der Waals surface area contributed by atoms with Crippen LogP contribution in [0.25, 0.3) is 0 Å². The molecule has 0 aromatic rings. The molecule has 176 valence electrons. The van der Waals surface area contributed by atoms with Gasteiger partial charge >= 0.3 is 0 Å². The molecule has 0 radical (unpaired) electrons. The highest BCUT2D eigenvalue weighted by atomic mass is 28.4. The average molecular weight is 447 g/mol. The van der Waals surface area contributed by atoms with Crippen molar-refractivity contribution in [2.24, 2.45) is 23.2 Å². The fourth-order valence-corrected chi connectivity index (χ4v) is 7.39. The van der Waals surface area contributed by atoms with Crippen molar-refractivity contribution in [2.45, 2.75) is 105 Å². The van der Waals surface area contributed by atoms with E-state index in [2.05, 4.69) is 61.6 Å². The van der Waals surface area contributed by atoms with Crippen LogP contribution in [0.2, 0.25) is 18.1 Å². The number of methoxy groups -OCH3 is 1. The van der Waals surface area contributed by atoms with E-state index in [1.165, 1.54) is 16.7 Å². The molecule has 0 unspecified atom stereocenters. The van der Waals surface area contributed by atoms with Gasteiger partial charge in [-0.15, -0.1) is 0 Å². The van der Waals surface area contributed by atoms with Crippen LogP contribution in [0.5, 0.6) is 0 Å². The third kappa shape index (κ3) is 4.29. The molecular formula is C27H46O3Si. The van der Waals surface area contributed by atoms with Gasteiger partial charge in [0.25, 0.3) is 0 Å². The van der Waals surface area contributed by atoms with Crippen LogP contribution in [0.3, 0.4) is 0 Å². The first kappa shape index (κ1) is 24.9. The zero-order valence-corrected chi connectivity index (χ0v) is 22.8. The molecule has 4 atom stereocenters. The van der Waals surface area contributed by atoms with Crippen LogP contribution in [0, 0.1) is 23.2 Å². The molecule has 0 aromatic carbocycles. The SMILES string of the molecule is COCC1=C2C(=O)[C@@]3(C)CCC(C(C)C)=C3C[C@H](O[Si](C)(C)C(C)(C)C)[C@H](C)[C@@H]2CC1. The summed E-state index contributed by atoms with van der Waals surface area (Å²) in [6.45, 7) is 21.5. The van der Waals surface area contributed by atoms with Gasteiger partial charge in [-0.05, 0) is 80.5 Å². The Morgan fingerprint density at radius 2 is 1.84 bits per heavy atom. The van der Waals surface area contributed by atoms with E-state index in [1.807, 2.05) is 0 Å². The lowest BCUT2D eigenvalue weighted by molar-refractivity contribution is -0.123. The molecule has 0 saturated heterocycles. The van der Waals surface area contributed by atoms with E-state index in [4.69, 9.17) is 9.16 Å². The molecule has 1 saturated carbocycles. The van der Waals surface area contributed by atoms with E-state index in [1.54, 1.807) is 7.11 Å². The van der Waals surface area contributed by atoms with Crippen molar-refractivity contribution in [1.82, 2.24) is 0 Å². The Hall–Kier alpha value is -0.713. The number of carbonyl (C=O) groups excluding carboxylic acids is 1. The summed E-state index contributed by atoms with van der Waals surface area (Å²) in [5, 5.41) is 0.175. The molecule has 3 nitrogen and oxygen atoms in total. The highest BCUT2D eigenvalue weighted by molar-refractivity contribution is 6.74. The van der Waals surface area contributed by atoms with Crippen molar-refractivity contribution in [3.63, 3.8) is 0 Å². The van der Waals surface area contributed by atoms with Crippen molar-refractivity contribution < 1.29 is 14.0 Å². The number of allylic oxidation sites excluding steroid dienone is 2. The Morgan fingerprint density at radius 1 is 1.19 bits per heavy atom. The summed E-state index contributed by atoms with van der Waals surface area (Å²) >= 11 is 0. The molecule has 3 aliphatic rings. The molecule has 4 heteroatoms. The molecule has 1 fully saturated rings. The Bertz CT molecular complexity index is 783. The minimum atomic E-state index is -1.93. The van der Waals surface area contributed by atoms with Gasteiger partial charge in [0, 0.05) is 12.7 Å². The molecule has 0 aliphatic heterocycles. The number of ketones is 1. The van der Waals surface area contributed by atoms with Gasteiger partial charge in [-0.2, -0.15) is 0 Å². The highest BCUT2D eigenvalue weighted by Crippen LogP contribution is 2.55. The largest absolute Gasteiger partial charge is 0.413 e. The standard InChI is InChI=1S/C27H46O3Si/c1-17(2)20-13-14-27(7)22(20)15-23(30-31(9,10)26(4,5)6)18(3)21-12-11-19(16-29-8)24(21)25(27)28/h17-18,21,23H,11-16H2,1-10H3/t18-,21+,23+,27+/m1/s1. The smallest absolute Gasteiger partial charge is 0.192 e. The summed E-state index contributed by atoms with van der Waals surface area (Å²) < 4.78 is 12.7. The minimum absolute atomic E-state index is 0.175. The van der Waals surface area contributed by atoms with E-state index in [0.29, 0.717) is 30.1 Å². The summed E-state index contributed by atoms with van der Waals surface area (Å²) in [6, 6.07) is 0. The summed E-state index contributed by atoms with van der Waals surface area (Å²) in [7, 11) is -0.181. The topological polar surface area (TPSA) is 35.5 Å². The number of ether oxygens (including phenoxy) is 1. The molecule has 3 rings (SSSR count). The zero-order valence-electron chi connectivity index (χ0n) is 21.8. The summed E-state index contributed by atoms with van der Waals surface area (Å²) in [5.41, 5.74) is 4.89. The lowest BCUT2D eigenvalue weighted by atomic mass is 9.66. The number of carbonyl (C=O) groups is 1. The monoisotopic (exact) mass is 446 g/mol. The fourth-order valence-electron chi connectivity index (χ4n) is 5.98. The average Bonchev–Trinajstić information content (AvgIpc) is 3.21. The quantitative estimate of drug-likeness (QED) is 0.334. The normalized spacial score (nSPS) is 32.5. The third-order valence-corrected chi connectivity index (χ3v) is 13.6. The molecule has 0 heterocycles. The number of rotatable bonds is 5. The Labute approximate surface area is 192 Å². The third-order valence-electron chi connectivity index (χ3n) is 9.10. The molecule has 0 bridgehead atoms. The van der Waals surface area contributed by atoms with Crippen LogP contribution in [0.15, 0.2) is 22.3 Å². The van der Waals surface area contributed by atoms with Crippen molar-refractivity contribution in [1.29, 1.82) is 0 Å². The second kappa shape index (κ2) is 8.57. The lowest BCUT2D eigenvalue weighted by Gasteiger charge is -2.45. The first-order valence-corrected chi connectivity index (χ1v) is 15.3. The van der Waals surface area contributed by atoms with Crippen molar-refractivity contribution in [2.75, 3.05) is 13.7 Å². The summed E-state index contributed by atoms with van der Waals surface area (Å²) in [5.74, 6) is 1.52. The van der Waals surface area contributed by atoms with E-state index in [9.17, 15) is 4.79 Å². The maximum atomic E-state index is 14.2. The molecule has 0 aromatic heterocycles. The fraction of sp³-hybridized carbons (Fsp3) is 0.815. The Kier molecular flexibility index (Phi) is 6.89. The number of hydrogen-bond donors (Lipinski definition) is 0. The van der Waals surface area contributed by atoms with Gasteiger partial charge in [-0.3, -0.25) is 4.79 Å². The van der Waals surface area contributed by atoms with Gasteiger partial charge in [0.2, 0.25) is 0 Å². The van der Waals surface area contributed by atoms with Crippen LogP contribution in [0.4, 0.5) is 0 Å². The van der Waals surface area contributed by atoms with Crippen molar-refractivity contribution in [3.8, 4) is 0 Å². The van der Waals surface area contributed by atoms with E-state index in [-0.39, 0.29) is 16.6 Å². The molecule has 0 spiro atoms. The molecular weight excluding hydrogens is 400 g/mol. The van der Waals surface area contributed by atoms with Crippen LogP contribution in [-0.4, -0.2) is 33.9 Å². The number of Topliss-reactive ketones (excluding diaryl/α,β-unsaturated/α-hetero) is 1. The number of hydrogen-bond acceptors (Lipinski definition) is 3. The highest BCUT2D eigenvalue weighted by Gasteiger charge is 2.52. The van der Waals surface area contributed by atoms with Crippen LogP contribution in [-0.2, 0) is 14.0 Å². The van der Waals surface area contributed by atoms with Gasteiger partial charge in [0.15, 0.2) is 14.1 Å². The van der Waals surface area contributed by atoms with Crippen molar-refractivity contribution in [3.05, 3.63) is 22.3 Å². The summed E-state index contributed by atoms with van der Waals surface area (Å²) in [6.07, 6.45) is 5.15. The van der Waals surface area contributed by atoms with E-state index < -0.39 is 8.32 Å². The zero-order chi connectivity index (χ0) is 23.4. The maximum Gasteiger partial charge on any atom is 0.192 e. The second-order valence-electron chi connectivity index (χ2n) is 12.4. The van der Waals surface area contributed by atoms with E-state index >= 15 is 0 Å². The Balaban J connectivity index is 2.14. The van der Waals surface area contributed by atoms with Gasteiger partial charge in [0.05, 0.1) is 18.1 Å². The van der Waals surface area contributed by atoms with Gasteiger partial charge in [-0.25, -0.2) is 0 Å². The van der Waals surface area contributed by atoms with Gasteiger partial charge < -0.3 is 9.16 Å². The lowest BCUT2D eigenvalue weighted by Crippen LogP contribution is -2.48. The summed E-state index contributed by atoms with van der Waals surface area (Å²) in [4.78, 5) is 14.2. The van der Waals surface area contributed by atoms with Crippen molar-refractivity contribution >= 4 is 14.1 Å². The minimum Gasteiger partial charge on any atom is -0.413 e. The van der Waals surface area contributed by atoms with Crippen LogP contribution >= 0.6 is 0 Å². The van der Waals surface area contributed by atoms with Crippen LogP contribution < -0.4 is 0 Å². The second-order valence-corrected chi connectivity index (χ2v) is 17.2. The predicted octanol–water partition coefficient (Wildman–Crippen LogP) is 7.09. The Morgan fingerprint density at radius 3 is 2.39 bits per heavy atom. The molecule has 31 heavy (non-hydrogen) atoms. The molecule has 3 aliphatic carbocycles. The number of fused-ring (bicyclic) bond motifs is 2. The van der Waals surface area contributed by atoms with Crippen LogP contribution in [0.1, 0.15) is 80.6 Å². The van der Waals surface area contributed by atoms with E-state index in [0.717, 1.165) is 37.7 Å². The van der Waals surface area contributed by atoms with Gasteiger partial charge in [0.1, 0.15) is 0 Å². The van der Waals surface area contributed by atoms with Gasteiger partial charge in [-0.1, -0.05) is 52.7 Å². The first-order valence-electron chi connectivity index (χ1n) is 12.4. The molecule has 0 N–H and O–H groups in total.